The predicted molar refractivity (Wildman–Crippen MR) is 89.3 cm³/mol. The van der Waals surface area contributed by atoms with Crippen molar-refractivity contribution in [2.24, 2.45) is 0 Å². The second-order valence-corrected chi connectivity index (χ2v) is 5.89. The smallest absolute Gasteiger partial charge is 1.00 e. The van der Waals surface area contributed by atoms with Crippen LogP contribution in [0.4, 0.5) is 0 Å². The normalized spacial score (nSPS) is 14.8. The van der Waals surface area contributed by atoms with Gasteiger partial charge in [-0.3, -0.25) is 12.2 Å². The molecule has 0 saturated carbocycles. The van der Waals surface area contributed by atoms with Gasteiger partial charge in [0.1, 0.15) is 0 Å². The van der Waals surface area contributed by atoms with Crippen molar-refractivity contribution in [2.45, 2.75) is 79.1 Å². The number of hydrogen-bond donors (Lipinski definition) is 0. The van der Waals surface area contributed by atoms with E-state index < -0.39 is 0 Å². The van der Waals surface area contributed by atoms with Gasteiger partial charge in [0.25, 0.3) is 0 Å². The SMILES string of the molecule is CCCCC1=CC(C)=[C-]C1.CCCCC1=CC(C)=[C-]C1.[Cl-].[Cl-].[Zr+4]. The van der Waals surface area contributed by atoms with Crippen LogP contribution in [0.1, 0.15) is 79.1 Å². The Morgan fingerprint density at radius 3 is 1.35 bits per heavy atom. The monoisotopic (exact) mass is 430 g/mol. The second-order valence-electron chi connectivity index (χ2n) is 5.89. The van der Waals surface area contributed by atoms with Gasteiger partial charge in [-0.05, 0) is 12.8 Å². The first-order chi connectivity index (χ1) is 9.65. The number of unbranched alkanes of at least 4 members (excludes halogenated alkanes) is 2. The van der Waals surface area contributed by atoms with Crippen molar-refractivity contribution in [3.63, 3.8) is 0 Å². The first-order valence-electron chi connectivity index (χ1n) is 8.19. The molecule has 2 aliphatic rings. The Kier molecular flexibility index (Phi) is 21.2. The molecule has 0 fully saturated rings. The van der Waals surface area contributed by atoms with Gasteiger partial charge in [0, 0.05) is 0 Å². The van der Waals surface area contributed by atoms with E-state index in [1.165, 1.54) is 49.7 Å². The van der Waals surface area contributed by atoms with Crippen molar-refractivity contribution in [3.05, 3.63) is 46.6 Å². The van der Waals surface area contributed by atoms with E-state index in [-0.39, 0.29) is 51.0 Å². The van der Waals surface area contributed by atoms with Gasteiger partial charge in [0.2, 0.25) is 0 Å². The molecule has 0 saturated heterocycles. The van der Waals surface area contributed by atoms with Crippen molar-refractivity contribution in [3.8, 4) is 0 Å². The van der Waals surface area contributed by atoms with Crippen LogP contribution in [0.2, 0.25) is 0 Å². The summed E-state index contributed by atoms with van der Waals surface area (Å²) in [6.45, 7) is 8.72. The first kappa shape index (κ1) is 28.2. The predicted octanol–water partition coefficient (Wildman–Crippen LogP) is 0.518. The third kappa shape index (κ3) is 13.4. The third-order valence-electron chi connectivity index (χ3n) is 3.73. The molecular formula is C20H30Cl2Zr. The molecule has 0 spiro atoms. The Morgan fingerprint density at radius 2 is 1.13 bits per heavy atom. The van der Waals surface area contributed by atoms with Gasteiger partial charge < -0.3 is 24.8 Å². The number of hydrogen-bond acceptors (Lipinski definition) is 0. The van der Waals surface area contributed by atoms with Gasteiger partial charge in [-0.25, -0.2) is 23.3 Å². The maximum Gasteiger partial charge on any atom is 4.00 e. The number of halogens is 2. The van der Waals surface area contributed by atoms with Crippen molar-refractivity contribution in [1.29, 1.82) is 0 Å². The van der Waals surface area contributed by atoms with E-state index in [0.29, 0.717) is 0 Å². The van der Waals surface area contributed by atoms with Crippen LogP contribution in [-0.2, 0) is 26.2 Å². The molecule has 2 rings (SSSR count). The topological polar surface area (TPSA) is 0 Å². The molecule has 0 aliphatic heterocycles. The van der Waals surface area contributed by atoms with E-state index in [9.17, 15) is 0 Å². The van der Waals surface area contributed by atoms with Crippen molar-refractivity contribution >= 4 is 0 Å². The molecule has 0 unspecified atom stereocenters. The van der Waals surface area contributed by atoms with Crippen LogP contribution >= 0.6 is 0 Å². The summed E-state index contributed by atoms with van der Waals surface area (Å²) in [5, 5.41) is 0. The number of allylic oxidation sites excluding steroid dienone is 8. The molecule has 2 aliphatic carbocycles. The fourth-order valence-corrected chi connectivity index (χ4v) is 2.45. The summed E-state index contributed by atoms with van der Waals surface area (Å²) in [7, 11) is 0. The minimum absolute atomic E-state index is 0. The molecule has 23 heavy (non-hydrogen) atoms. The van der Waals surface area contributed by atoms with Crippen LogP contribution in [0.5, 0.6) is 0 Å². The van der Waals surface area contributed by atoms with Crippen LogP contribution in [0.15, 0.2) is 34.4 Å². The Hall–Kier alpha value is 0.423. The molecule has 0 aromatic rings. The summed E-state index contributed by atoms with van der Waals surface area (Å²) < 4.78 is 0. The molecule has 0 aromatic carbocycles. The van der Waals surface area contributed by atoms with Crippen LogP contribution in [0, 0.1) is 12.2 Å². The molecule has 0 radical (unpaired) electrons. The number of rotatable bonds is 6. The fourth-order valence-electron chi connectivity index (χ4n) is 2.45. The van der Waals surface area contributed by atoms with Crippen LogP contribution in [0.25, 0.3) is 0 Å². The summed E-state index contributed by atoms with van der Waals surface area (Å²) in [4.78, 5) is 0. The van der Waals surface area contributed by atoms with Gasteiger partial charge in [0.15, 0.2) is 0 Å². The molecule has 128 valence electrons. The molecule has 0 atom stereocenters. The van der Waals surface area contributed by atoms with Crippen LogP contribution in [0.3, 0.4) is 0 Å². The molecule has 0 bridgehead atoms. The van der Waals surface area contributed by atoms with E-state index in [4.69, 9.17) is 0 Å². The second kappa shape index (κ2) is 17.3. The minimum Gasteiger partial charge on any atom is -1.00 e. The molecule has 0 heterocycles. The zero-order chi connectivity index (χ0) is 14.8. The van der Waals surface area contributed by atoms with Crippen LogP contribution in [-0.4, -0.2) is 0 Å². The van der Waals surface area contributed by atoms with Crippen LogP contribution < -0.4 is 24.8 Å². The standard InChI is InChI=1S/2C10H15.2ClH.Zr/c2*1-3-4-5-10-7-6-9(2)8-10;;;/h2*8H,3-5,7H2,1-2H3;2*1H;/q2*-1;;;+4/p-2. The quantitative estimate of drug-likeness (QED) is 0.537. The molecular weight excluding hydrogens is 402 g/mol. The van der Waals surface area contributed by atoms with Crippen molar-refractivity contribution < 1.29 is 51.0 Å². The summed E-state index contributed by atoms with van der Waals surface area (Å²) in [6.07, 6.45) is 21.2. The van der Waals surface area contributed by atoms with Gasteiger partial charge in [-0.1, -0.05) is 53.4 Å². The fraction of sp³-hybridized carbons (Fsp3) is 0.600. The summed E-state index contributed by atoms with van der Waals surface area (Å²) in [5.41, 5.74) is 5.79. The summed E-state index contributed by atoms with van der Waals surface area (Å²) >= 11 is 0. The Labute approximate surface area is 175 Å². The van der Waals surface area contributed by atoms with E-state index >= 15 is 0 Å². The van der Waals surface area contributed by atoms with Crippen molar-refractivity contribution in [1.82, 2.24) is 0 Å². The maximum atomic E-state index is 3.30. The first-order valence-corrected chi connectivity index (χ1v) is 8.19. The van der Waals surface area contributed by atoms with Gasteiger partial charge in [0.05, 0.1) is 0 Å². The van der Waals surface area contributed by atoms with Crippen molar-refractivity contribution in [2.75, 3.05) is 0 Å². The zero-order valence-electron chi connectivity index (χ0n) is 15.1. The summed E-state index contributed by atoms with van der Waals surface area (Å²) in [5.74, 6) is 0. The molecule has 0 nitrogen and oxygen atoms in total. The maximum absolute atomic E-state index is 3.30. The Balaban J connectivity index is -0.000000308. The average molecular weight is 433 g/mol. The summed E-state index contributed by atoms with van der Waals surface area (Å²) in [6, 6.07) is 0. The Bertz CT molecular complexity index is 377. The Morgan fingerprint density at radius 1 is 0.783 bits per heavy atom. The van der Waals surface area contributed by atoms with Gasteiger partial charge >= 0.3 is 26.2 Å². The zero-order valence-corrected chi connectivity index (χ0v) is 19.0. The van der Waals surface area contributed by atoms with E-state index in [1.807, 2.05) is 0 Å². The third-order valence-corrected chi connectivity index (χ3v) is 3.73. The largest absolute Gasteiger partial charge is 4.00 e. The average Bonchev–Trinajstić information content (AvgIpc) is 3.03. The molecule has 0 N–H and O–H groups in total. The van der Waals surface area contributed by atoms with E-state index in [2.05, 4.69) is 52.0 Å². The van der Waals surface area contributed by atoms with E-state index in [1.54, 1.807) is 11.1 Å². The van der Waals surface area contributed by atoms with Gasteiger partial charge in [-0.2, -0.15) is 11.1 Å². The van der Waals surface area contributed by atoms with E-state index in [0.717, 1.165) is 12.8 Å². The molecule has 0 aromatic heterocycles. The molecule has 3 heteroatoms. The minimum atomic E-state index is 0. The molecule has 0 amide bonds. The van der Waals surface area contributed by atoms with Gasteiger partial charge in [-0.15, -0.1) is 12.8 Å².